The molecule has 4 N–H and O–H groups in total. The average molecular weight is 576 g/mol. The minimum atomic E-state index is -0.339. The minimum Gasteiger partial charge on any atom is -0.384 e. The van der Waals surface area contributed by atoms with E-state index in [0.717, 1.165) is 46.9 Å². The molecule has 0 atom stereocenters. The second-order valence-electron chi connectivity index (χ2n) is 11.2. The van der Waals surface area contributed by atoms with Crippen molar-refractivity contribution in [1.29, 1.82) is 0 Å². The Labute approximate surface area is 246 Å². The first-order chi connectivity index (χ1) is 20.9. The van der Waals surface area contributed by atoms with Crippen LogP contribution in [0.15, 0.2) is 67.3 Å². The number of pyridine rings is 2. The van der Waals surface area contributed by atoms with Crippen molar-refractivity contribution in [2.45, 2.75) is 12.8 Å². The van der Waals surface area contributed by atoms with Crippen LogP contribution in [0.25, 0.3) is 55.7 Å². The fraction of sp³-hybridized carbons (Fsp3) is 0.219. The Balaban J connectivity index is 1.23. The number of H-pyrrole nitrogens is 2. The summed E-state index contributed by atoms with van der Waals surface area (Å²) in [4.78, 5) is 31.3. The minimum absolute atomic E-state index is 0.0420. The van der Waals surface area contributed by atoms with Crippen molar-refractivity contribution in [2.75, 3.05) is 37.8 Å². The lowest BCUT2D eigenvalue weighted by Crippen LogP contribution is -2.20. The fourth-order valence-electron chi connectivity index (χ4n) is 5.16. The summed E-state index contributed by atoms with van der Waals surface area (Å²) in [5.74, 6) is 0.382. The molecule has 0 radical (unpaired) electrons. The number of nitrogens with one attached hydrogen (secondary N) is 4. The number of halogens is 1. The van der Waals surface area contributed by atoms with Crippen LogP contribution in [-0.2, 0) is 4.79 Å². The molecular weight excluding hydrogens is 545 g/mol. The number of hydrogen-bond acceptors (Lipinski definition) is 7. The number of aromatic nitrogens is 6. The van der Waals surface area contributed by atoms with E-state index in [1.807, 2.05) is 44.4 Å². The number of fused-ring (bicyclic) bond motifs is 2. The smallest absolute Gasteiger partial charge is 0.227 e. The molecule has 216 valence electrons. The molecule has 43 heavy (non-hydrogen) atoms. The molecule has 1 aliphatic carbocycles. The van der Waals surface area contributed by atoms with Gasteiger partial charge in [0.15, 0.2) is 5.82 Å². The topological polar surface area (TPSA) is 128 Å². The van der Waals surface area contributed by atoms with Gasteiger partial charge in [-0.1, -0.05) is 6.07 Å². The quantitative estimate of drug-likeness (QED) is 0.174. The number of hydrogen-bond donors (Lipinski definition) is 4. The van der Waals surface area contributed by atoms with E-state index in [4.69, 9.17) is 4.98 Å². The Morgan fingerprint density at radius 1 is 0.953 bits per heavy atom. The van der Waals surface area contributed by atoms with E-state index in [1.54, 1.807) is 24.8 Å². The number of aromatic amines is 2. The third kappa shape index (κ3) is 5.54. The van der Waals surface area contributed by atoms with Crippen LogP contribution in [0.4, 0.5) is 15.8 Å². The second-order valence-corrected chi connectivity index (χ2v) is 11.2. The average Bonchev–Trinajstić information content (AvgIpc) is 3.62. The molecule has 1 fully saturated rings. The van der Waals surface area contributed by atoms with Crippen LogP contribution in [0.2, 0.25) is 0 Å². The highest BCUT2D eigenvalue weighted by Crippen LogP contribution is 2.34. The molecule has 4 heterocycles. The molecule has 1 aliphatic rings. The number of rotatable bonds is 9. The number of amides is 1. The van der Waals surface area contributed by atoms with Gasteiger partial charge in [0.1, 0.15) is 11.5 Å². The summed E-state index contributed by atoms with van der Waals surface area (Å²) in [6, 6.07) is 12.8. The maximum Gasteiger partial charge on any atom is 0.227 e. The summed E-state index contributed by atoms with van der Waals surface area (Å²) in [5.41, 5.74) is 7.45. The molecule has 0 spiro atoms. The first-order valence-corrected chi connectivity index (χ1v) is 14.2. The van der Waals surface area contributed by atoms with Gasteiger partial charge in [-0.25, -0.2) is 9.37 Å². The number of carbonyl (C=O) groups excluding carboxylic acids is 1. The Morgan fingerprint density at radius 2 is 1.79 bits per heavy atom. The zero-order valence-corrected chi connectivity index (χ0v) is 23.8. The molecule has 0 aliphatic heterocycles. The van der Waals surface area contributed by atoms with Crippen molar-refractivity contribution in [2.24, 2.45) is 5.92 Å². The van der Waals surface area contributed by atoms with Crippen LogP contribution in [0.5, 0.6) is 0 Å². The maximum absolute atomic E-state index is 14.7. The molecule has 0 unspecified atom stereocenters. The number of likely N-dealkylation sites (N-methyl/N-ethyl adjacent to an activating group) is 1. The van der Waals surface area contributed by atoms with Crippen molar-refractivity contribution in [1.82, 2.24) is 35.0 Å². The number of nitrogens with zero attached hydrogens (tertiary/aromatic N) is 5. The van der Waals surface area contributed by atoms with E-state index < -0.39 is 0 Å². The number of imidazole rings is 1. The van der Waals surface area contributed by atoms with Crippen molar-refractivity contribution in [3.05, 3.63) is 73.1 Å². The van der Waals surface area contributed by atoms with Gasteiger partial charge in [-0.15, -0.1) is 0 Å². The predicted molar refractivity (Wildman–Crippen MR) is 166 cm³/mol. The standard InChI is InChI=1S/C32H30FN9O/c1-42(2)8-7-36-23-10-20(9-22(33)13-23)26-16-35-17-28-29(26)39-31(38-28)30-25-12-19(5-6-27(25)40-41-30)21-11-24(15-34-14-21)37-32(43)18-3-4-18/h5-6,9-18,36H,3-4,7-8H2,1-2H3,(H,37,43)(H,38,39)(H,40,41). The summed E-state index contributed by atoms with van der Waals surface area (Å²) >= 11 is 0. The molecular formula is C32H30FN9O. The second kappa shape index (κ2) is 10.9. The lowest BCUT2D eigenvalue weighted by atomic mass is 10.0. The molecule has 1 saturated carbocycles. The summed E-state index contributed by atoms with van der Waals surface area (Å²) in [7, 11) is 3.99. The molecule has 0 bridgehead atoms. The number of carbonyl (C=O) groups is 1. The molecule has 7 rings (SSSR count). The first-order valence-electron chi connectivity index (χ1n) is 14.2. The van der Waals surface area contributed by atoms with Crippen molar-refractivity contribution < 1.29 is 9.18 Å². The van der Waals surface area contributed by atoms with Gasteiger partial charge >= 0.3 is 0 Å². The Bertz CT molecular complexity index is 1980. The highest BCUT2D eigenvalue weighted by atomic mass is 19.1. The normalized spacial score (nSPS) is 13.2. The van der Waals surface area contributed by atoms with Gasteiger partial charge in [-0.3, -0.25) is 19.9 Å². The molecule has 10 nitrogen and oxygen atoms in total. The Kier molecular flexibility index (Phi) is 6.78. The molecule has 4 aromatic heterocycles. The SMILES string of the molecule is CN(C)CCNc1cc(F)cc(-c2cncc3[nH]c(-c4n[nH]c5ccc(-c6cncc(NC(=O)C7CC7)c6)cc45)nc23)c1. The third-order valence-electron chi connectivity index (χ3n) is 7.57. The summed E-state index contributed by atoms with van der Waals surface area (Å²) in [5, 5.41) is 14.8. The molecule has 1 amide bonds. The molecule has 6 aromatic rings. The van der Waals surface area contributed by atoms with E-state index >= 15 is 0 Å². The highest BCUT2D eigenvalue weighted by Gasteiger charge is 2.29. The van der Waals surface area contributed by atoms with Crippen LogP contribution in [0.1, 0.15) is 12.8 Å². The van der Waals surface area contributed by atoms with E-state index in [1.165, 1.54) is 12.1 Å². The van der Waals surface area contributed by atoms with Gasteiger partial charge in [0, 0.05) is 53.6 Å². The van der Waals surface area contributed by atoms with Crippen molar-refractivity contribution in [3.8, 4) is 33.8 Å². The predicted octanol–water partition coefficient (Wildman–Crippen LogP) is 5.69. The van der Waals surface area contributed by atoms with Crippen LogP contribution in [0.3, 0.4) is 0 Å². The number of anilines is 2. The van der Waals surface area contributed by atoms with Crippen LogP contribution < -0.4 is 10.6 Å². The monoisotopic (exact) mass is 575 g/mol. The molecule has 11 heteroatoms. The van der Waals surface area contributed by atoms with Gasteiger partial charge in [-0.05, 0) is 74.5 Å². The van der Waals surface area contributed by atoms with Gasteiger partial charge in [-0.2, -0.15) is 5.10 Å². The third-order valence-corrected chi connectivity index (χ3v) is 7.57. The summed E-state index contributed by atoms with van der Waals surface area (Å²) in [6.45, 7) is 1.51. The summed E-state index contributed by atoms with van der Waals surface area (Å²) < 4.78 is 14.7. The largest absolute Gasteiger partial charge is 0.384 e. The lowest BCUT2D eigenvalue weighted by Gasteiger charge is -2.12. The van der Waals surface area contributed by atoms with Crippen LogP contribution >= 0.6 is 0 Å². The van der Waals surface area contributed by atoms with Crippen molar-refractivity contribution in [3.63, 3.8) is 0 Å². The fourth-order valence-corrected chi connectivity index (χ4v) is 5.16. The van der Waals surface area contributed by atoms with E-state index in [9.17, 15) is 9.18 Å². The van der Waals surface area contributed by atoms with Gasteiger partial charge < -0.3 is 20.5 Å². The molecule has 2 aromatic carbocycles. The zero-order chi connectivity index (χ0) is 29.5. The van der Waals surface area contributed by atoms with E-state index in [2.05, 4.69) is 40.7 Å². The van der Waals surface area contributed by atoms with Crippen LogP contribution in [-0.4, -0.2) is 68.1 Å². The maximum atomic E-state index is 14.7. The lowest BCUT2D eigenvalue weighted by molar-refractivity contribution is -0.117. The highest BCUT2D eigenvalue weighted by molar-refractivity contribution is 5.99. The van der Waals surface area contributed by atoms with Gasteiger partial charge in [0.2, 0.25) is 5.91 Å². The van der Waals surface area contributed by atoms with Gasteiger partial charge in [0.05, 0.1) is 34.6 Å². The van der Waals surface area contributed by atoms with Gasteiger partial charge in [0.25, 0.3) is 0 Å². The van der Waals surface area contributed by atoms with Crippen molar-refractivity contribution >= 4 is 39.2 Å². The zero-order valence-electron chi connectivity index (χ0n) is 23.8. The first kappa shape index (κ1) is 26.7. The van der Waals surface area contributed by atoms with E-state index in [0.29, 0.717) is 46.1 Å². The summed E-state index contributed by atoms with van der Waals surface area (Å²) in [6.07, 6.45) is 8.72. The Morgan fingerprint density at radius 3 is 2.63 bits per heavy atom. The number of benzene rings is 2. The van der Waals surface area contributed by atoms with Crippen LogP contribution in [0, 0.1) is 11.7 Å². The van der Waals surface area contributed by atoms with E-state index in [-0.39, 0.29) is 17.6 Å². The Hall–Kier alpha value is -5.16. The molecule has 0 saturated heterocycles.